The van der Waals surface area contributed by atoms with Crippen LogP contribution in [0.3, 0.4) is 0 Å². The molecule has 1 aromatic heterocycles. The first kappa shape index (κ1) is 10.7. The van der Waals surface area contributed by atoms with Crippen LogP contribution in [0.4, 0.5) is 0 Å². The number of oxazole rings is 1. The van der Waals surface area contributed by atoms with Crippen LogP contribution in [0.1, 0.15) is 12.6 Å². The van der Waals surface area contributed by atoms with Crippen LogP contribution in [0, 0.1) is 0 Å². The van der Waals surface area contributed by atoms with Crippen molar-refractivity contribution in [1.82, 2.24) is 10.3 Å². The summed E-state index contributed by atoms with van der Waals surface area (Å²) in [7, 11) is 0. The normalized spacial score (nSPS) is 10.3. The van der Waals surface area contributed by atoms with Crippen LogP contribution in [-0.4, -0.2) is 11.5 Å². The largest absolute Gasteiger partial charge is 0.417 e. The molecule has 0 saturated carbocycles. The van der Waals surface area contributed by atoms with Gasteiger partial charge in [0.15, 0.2) is 0 Å². The van der Waals surface area contributed by atoms with Crippen molar-refractivity contribution in [3.8, 4) is 11.8 Å². The van der Waals surface area contributed by atoms with Gasteiger partial charge in [0.25, 0.3) is 0 Å². The first-order chi connectivity index (χ1) is 7.88. The summed E-state index contributed by atoms with van der Waals surface area (Å²) in [4.78, 5) is 4.19. The van der Waals surface area contributed by atoms with E-state index in [-0.39, 0.29) is 6.08 Å². The lowest BCUT2D eigenvalue weighted by Gasteiger charge is -1.98. The van der Waals surface area contributed by atoms with Gasteiger partial charge in [0.2, 0.25) is 0 Å². The van der Waals surface area contributed by atoms with E-state index in [9.17, 15) is 0 Å². The number of hydrogen-bond donors (Lipinski definition) is 1. The first-order valence-corrected chi connectivity index (χ1v) is 5.26. The molecule has 0 amide bonds. The number of nitrogens with zero attached hydrogens (tertiary/aromatic N) is 1. The van der Waals surface area contributed by atoms with E-state index in [4.69, 9.17) is 9.15 Å². The molecule has 0 aliphatic heterocycles. The van der Waals surface area contributed by atoms with Gasteiger partial charge in [-0.15, -0.1) is 0 Å². The third-order valence-electron chi connectivity index (χ3n) is 2.04. The van der Waals surface area contributed by atoms with Gasteiger partial charge in [0.05, 0.1) is 5.69 Å². The Hall–Kier alpha value is -1.81. The average molecular weight is 218 g/mol. The Morgan fingerprint density at radius 2 is 2.12 bits per heavy atom. The fraction of sp³-hybridized carbons (Fsp3) is 0.250. The van der Waals surface area contributed by atoms with Crippen molar-refractivity contribution in [1.29, 1.82) is 0 Å². The molecule has 4 heteroatoms. The van der Waals surface area contributed by atoms with Gasteiger partial charge < -0.3 is 14.5 Å². The Kier molecular flexibility index (Phi) is 3.56. The predicted molar refractivity (Wildman–Crippen MR) is 60.4 cm³/mol. The number of ether oxygens (including phenoxy) is 1. The molecule has 1 heterocycles. The van der Waals surface area contributed by atoms with Gasteiger partial charge in [-0.2, -0.15) is 4.98 Å². The zero-order chi connectivity index (χ0) is 11.2. The second kappa shape index (κ2) is 5.32. The molecule has 4 nitrogen and oxygen atoms in total. The third-order valence-corrected chi connectivity index (χ3v) is 2.04. The maximum Gasteiger partial charge on any atom is 0.399 e. The molecule has 1 aromatic carbocycles. The second-order valence-electron chi connectivity index (χ2n) is 3.30. The summed E-state index contributed by atoms with van der Waals surface area (Å²) >= 11 is 0. The predicted octanol–water partition coefficient (Wildman–Crippen LogP) is 2.58. The SMILES string of the molecule is CCNCc1coc(Oc2ccccc2)n1. The molecule has 0 bridgehead atoms. The molecule has 2 rings (SSSR count). The van der Waals surface area contributed by atoms with Crippen molar-refractivity contribution < 1.29 is 9.15 Å². The van der Waals surface area contributed by atoms with Gasteiger partial charge in [0, 0.05) is 6.54 Å². The Balaban J connectivity index is 1.97. The number of para-hydroxylation sites is 1. The zero-order valence-electron chi connectivity index (χ0n) is 9.14. The Morgan fingerprint density at radius 3 is 2.88 bits per heavy atom. The number of rotatable bonds is 5. The molecular weight excluding hydrogens is 204 g/mol. The van der Waals surface area contributed by atoms with Gasteiger partial charge in [0.1, 0.15) is 12.0 Å². The van der Waals surface area contributed by atoms with Gasteiger partial charge in [-0.05, 0) is 18.7 Å². The van der Waals surface area contributed by atoms with Crippen molar-refractivity contribution in [2.75, 3.05) is 6.54 Å². The van der Waals surface area contributed by atoms with Crippen molar-refractivity contribution in [2.45, 2.75) is 13.5 Å². The van der Waals surface area contributed by atoms with Crippen LogP contribution in [0.25, 0.3) is 0 Å². The highest BCUT2D eigenvalue weighted by Crippen LogP contribution is 2.19. The molecule has 0 spiro atoms. The van der Waals surface area contributed by atoms with Crippen LogP contribution < -0.4 is 10.1 Å². The van der Waals surface area contributed by atoms with E-state index in [0.29, 0.717) is 6.54 Å². The summed E-state index contributed by atoms with van der Waals surface area (Å²) < 4.78 is 10.6. The third kappa shape index (κ3) is 2.84. The van der Waals surface area contributed by atoms with Gasteiger partial charge in [-0.3, -0.25) is 0 Å². The van der Waals surface area contributed by atoms with E-state index in [1.54, 1.807) is 6.26 Å². The quantitative estimate of drug-likeness (QED) is 0.837. The second-order valence-corrected chi connectivity index (χ2v) is 3.30. The fourth-order valence-electron chi connectivity index (χ4n) is 1.26. The lowest BCUT2D eigenvalue weighted by molar-refractivity contribution is 0.331. The molecule has 0 fully saturated rings. The smallest absolute Gasteiger partial charge is 0.399 e. The molecular formula is C12H14N2O2. The Morgan fingerprint density at radius 1 is 1.31 bits per heavy atom. The van der Waals surface area contributed by atoms with Crippen molar-refractivity contribution in [2.24, 2.45) is 0 Å². The standard InChI is InChI=1S/C12H14N2O2/c1-2-13-8-10-9-15-12(14-10)16-11-6-4-3-5-7-11/h3-7,9,13H,2,8H2,1H3. The maximum absolute atomic E-state index is 5.43. The van der Waals surface area contributed by atoms with Crippen LogP contribution in [-0.2, 0) is 6.54 Å². The molecule has 0 aliphatic rings. The Labute approximate surface area is 94.3 Å². The Bertz CT molecular complexity index is 426. The van der Waals surface area contributed by atoms with E-state index < -0.39 is 0 Å². The lowest BCUT2D eigenvalue weighted by Crippen LogP contribution is -2.11. The molecule has 0 atom stereocenters. The van der Waals surface area contributed by atoms with Crippen LogP contribution in [0.2, 0.25) is 0 Å². The highest BCUT2D eigenvalue weighted by molar-refractivity contribution is 5.23. The molecule has 0 radical (unpaired) electrons. The van der Waals surface area contributed by atoms with Crippen LogP contribution >= 0.6 is 0 Å². The van der Waals surface area contributed by atoms with Gasteiger partial charge in [-0.25, -0.2) is 0 Å². The monoisotopic (exact) mass is 218 g/mol. The number of benzene rings is 1. The minimum Gasteiger partial charge on any atom is -0.417 e. The number of aromatic nitrogens is 1. The van der Waals surface area contributed by atoms with Crippen LogP contribution in [0.5, 0.6) is 11.8 Å². The van der Waals surface area contributed by atoms with Crippen molar-refractivity contribution in [3.63, 3.8) is 0 Å². The average Bonchev–Trinajstić information content (AvgIpc) is 2.75. The molecule has 84 valence electrons. The van der Waals surface area contributed by atoms with E-state index in [0.717, 1.165) is 18.0 Å². The highest BCUT2D eigenvalue weighted by Gasteiger charge is 2.05. The zero-order valence-corrected chi connectivity index (χ0v) is 9.14. The molecule has 0 unspecified atom stereocenters. The maximum atomic E-state index is 5.43. The minimum absolute atomic E-state index is 0.277. The highest BCUT2D eigenvalue weighted by atomic mass is 16.6. The summed E-state index contributed by atoms with van der Waals surface area (Å²) in [6, 6.07) is 9.44. The number of nitrogens with one attached hydrogen (secondary N) is 1. The molecule has 0 aliphatic carbocycles. The topological polar surface area (TPSA) is 47.3 Å². The van der Waals surface area contributed by atoms with Crippen molar-refractivity contribution >= 4 is 0 Å². The molecule has 16 heavy (non-hydrogen) atoms. The van der Waals surface area contributed by atoms with Crippen LogP contribution in [0.15, 0.2) is 41.0 Å². The first-order valence-electron chi connectivity index (χ1n) is 5.26. The van der Waals surface area contributed by atoms with E-state index in [1.165, 1.54) is 0 Å². The summed E-state index contributed by atoms with van der Waals surface area (Å²) in [5.41, 5.74) is 0.841. The van der Waals surface area contributed by atoms with Crippen molar-refractivity contribution in [3.05, 3.63) is 42.3 Å². The fourth-order valence-corrected chi connectivity index (χ4v) is 1.26. The summed E-state index contributed by atoms with van der Waals surface area (Å²) in [5, 5.41) is 3.16. The molecule has 1 N–H and O–H groups in total. The molecule has 2 aromatic rings. The summed E-state index contributed by atoms with van der Waals surface area (Å²) in [6.07, 6.45) is 1.88. The lowest BCUT2D eigenvalue weighted by atomic mass is 10.3. The summed E-state index contributed by atoms with van der Waals surface area (Å²) in [6.45, 7) is 3.64. The van der Waals surface area contributed by atoms with Gasteiger partial charge >= 0.3 is 6.08 Å². The molecule has 0 saturated heterocycles. The number of hydrogen-bond acceptors (Lipinski definition) is 4. The van der Waals surface area contributed by atoms with Gasteiger partial charge in [-0.1, -0.05) is 25.1 Å². The van der Waals surface area contributed by atoms with E-state index in [1.807, 2.05) is 37.3 Å². The van der Waals surface area contributed by atoms with E-state index in [2.05, 4.69) is 10.3 Å². The van der Waals surface area contributed by atoms with E-state index >= 15 is 0 Å². The minimum atomic E-state index is 0.277. The summed E-state index contributed by atoms with van der Waals surface area (Å²) in [5.74, 6) is 0.722.